The standard InChI is InChI=1S/C13H26N4/c1-7-8-17(10(4)5)13-11(14)12(9(2)3)15-16(13)6/h9-10H,7-8,14H2,1-6H3. The van der Waals surface area contributed by atoms with Gasteiger partial charge in [0, 0.05) is 19.6 Å². The fourth-order valence-electron chi connectivity index (χ4n) is 2.17. The SMILES string of the molecule is CCCN(c1c(N)c(C(C)C)nn1C)C(C)C. The predicted octanol–water partition coefficient (Wildman–Crippen LogP) is 2.75. The Kier molecular flexibility index (Phi) is 4.43. The predicted molar refractivity (Wildman–Crippen MR) is 74.5 cm³/mol. The molecule has 1 aromatic heterocycles. The van der Waals surface area contributed by atoms with Gasteiger partial charge in [-0.2, -0.15) is 5.10 Å². The molecule has 1 rings (SSSR count). The van der Waals surface area contributed by atoms with E-state index in [0.29, 0.717) is 12.0 Å². The van der Waals surface area contributed by atoms with Gasteiger partial charge in [-0.15, -0.1) is 0 Å². The molecule has 4 nitrogen and oxygen atoms in total. The van der Waals surface area contributed by atoms with E-state index in [9.17, 15) is 0 Å². The molecule has 17 heavy (non-hydrogen) atoms. The van der Waals surface area contributed by atoms with Gasteiger partial charge < -0.3 is 10.6 Å². The molecule has 0 saturated heterocycles. The van der Waals surface area contributed by atoms with E-state index in [2.05, 4.69) is 44.6 Å². The van der Waals surface area contributed by atoms with E-state index < -0.39 is 0 Å². The van der Waals surface area contributed by atoms with Gasteiger partial charge in [0.2, 0.25) is 0 Å². The molecule has 0 radical (unpaired) electrons. The lowest BCUT2D eigenvalue weighted by Gasteiger charge is -2.28. The maximum absolute atomic E-state index is 6.25. The zero-order valence-corrected chi connectivity index (χ0v) is 12.0. The summed E-state index contributed by atoms with van der Waals surface area (Å²) in [6.45, 7) is 11.8. The summed E-state index contributed by atoms with van der Waals surface area (Å²) < 4.78 is 1.92. The molecule has 0 atom stereocenters. The molecule has 0 spiro atoms. The molecule has 0 aliphatic heterocycles. The van der Waals surface area contributed by atoms with Gasteiger partial charge in [-0.05, 0) is 26.2 Å². The molecule has 0 aromatic carbocycles. The van der Waals surface area contributed by atoms with E-state index in [1.807, 2.05) is 11.7 Å². The topological polar surface area (TPSA) is 47.1 Å². The molecule has 1 aromatic rings. The third-order valence-electron chi connectivity index (χ3n) is 2.99. The van der Waals surface area contributed by atoms with Gasteiger partial charge in [0.25, 0.3) is 0 Å². The minimum atomic E-state index is 0.366. The van der Waals surface area contributed by atoms with E-state index in [1.54, 1.807) is 0 Å². The Morgan fingerprint density at radius 1 is 1.29 bits per heavy atom. The number of hydrogen-bond donors (Lipinski definition) is 1. The first-order valence-electron chi connectivity index (χ1n) is 6.49. The molecule has 4 heteroatoms. The second-order valence-corrected chi connectivity index (χ2v) is 5.19. The third-order valence-corrected chi connectivity index (χ3v) is 2.99. The van der Waals surface area contributed by atoms with Crippen LogP contribution >= 0.6 is 0 Å². The zero-order valence-electron chi connectivity index (χ0n) is 12.0. The summed E-state index contributed by atoms with van der Waals surface area (Å²) >= 11 is 0. The third kappa shape index (κ3) is 2.73. The number of anilines is 2. The average molecular weight is 238 g/mol. The number of rotatable bonds is 5. The molecule has 98 valence electrons. The van der Waals surface area contributed by atoms with Crippen molar-refractivity contribution in [1.82, 2.24) is 9.78 Å². The van der Waals surface area contributed by atoms with Crippen LogP contribution in [0.15, 0.2) is 0 Å². The molecule has 1 heterocycles. The van der Waals surface area contributed by atoms with E-state index in [1.165, 1.54) is 0 Å². The number of aryl methyl sites for hydroxylation is 1. The Hall–Kier alpha value is -1.19. The van der Waals surface area contributed by atoms with Crippen LogP contribution in [0.25, 0.3) is 0 Å². The first-order chi connectivity index (χ1) is 7.90. The monoisotopic (exact) mass is 238 g/mol. The van der Waals surface area contributed by atoms with Gasteiger partial charge in [0.1, 0.15) is 0 Å². The zero-order chi connectivity index (χ0) is 13.2. The van der Waals surface area contributed by atoms with Crippen molar-refractivity contribution in [2.75, 3.05) is 17.2 Å². The van der Waals surface area contributed by atoms with E-state index in [-0.39, 0.29) is 0 Å². The van der Waals surface area contributed by atoms with E-state index in [0.717, 1.165) is 30.2 Å². The number of nitrogen functional groups attached to an aromatic ring is 1. The molecule has 0 fully saturated rings. The Morgan fingerprint density at radius 3 is 2.24 bits per heavy atom. The van der Waals surface area contributed by atoms with Gasteiger partial charge in [-0.1, -0.05) is 20.8 Å². The minimum absolute atomic E-state index is 0.366. The first-order valence-corrected chi connectivity index (χ1v) is 6.49. The maximum Gasteiger partial charge on any atom is 0.150 e. The highest BCUT2D eigenvalue weighted by atomic mass is 15.4. The Labute approximate surface area is 105 Å². The van der Waals surface area contributed by atoms with Gasteiger partial charge in [0.05, 0.1) is 11.4 Å². The molecule has 2 N–H and O–H groups in total. The van der Waals surface area contributed by atoms with Crippen molar-refractivity contribution in [1.29, 1.82) is 0 Å². The second-order valence-electron chi connectivity index (χ2n) is 5.19. The summed E-state index contributed by atoms with van der Waals surface area (Å²) in [5.41, 5.74) is 8.09. The van der Waals surface area contributed by atoms with Crippen LogP contribution in [-0.2, 0) is 7.05 Å². The van der Waals surface area contributed by atoms with Crippen LogP contribution < -0.4 is 10.6 Å². The minimum Gasteiger partial charge on any atom is -0.394 e. The number of hydrogen-bond acceptors (Lipinski definition) is 3. The van der Waals surface area contributed by atoms with E-state index >= 15 is 0 Å². The van der Waals surface area contributed by atoms with Crippen LogP contribution in [-0.4, -0.2) is 22.4 Å². The van der Waals surface area contributed by atoms with Crippen LogP contribution in [0.4, 0.5) is 11.5 Å². The Morgan fingerprint density at radius 2 is 1.88 bits per heavy atom. The highest BCUT2D eigenvalue weighted by Gasteiger charge is 2.21. The Bertz CT molecular complexity index is 366. The van der Waals surface area contributed by atoms with Gasteiger partial charge in [0.15, 0.2) is 5.82 Å². The highest BCUT2D eigenvalue weighted by Crippen LogP contribution is 2.31. The molecular weight excluding hydrogens is 212 g/mol. The van der Waals surface area contributed by atoms with Crippen molar-refractivity contribution in [2.45, 2.75) is 53.0 Å². The summed E-state index contributed by atoms with van der Waals surface area (Å²) in [5.74, 6) is 1.43. The largest absolute Gasteiger partial charge is 0.394 e. The molecule has 0 aliphatic carbocycles. The van der Waals surface area contributed by atoms with E-state index in [4.69, 9.17) is 5.73 Å². The lowest BCUT2D eigenvalue weighted by atomic mass is 10.1. The van der Waals surface area contributed by atoms with Crippen molar-refractivity contribution in [3.05, 3.63) is 5.69 Å². The van der Waals surface area contributed by atoms with Crippen molar-refractivity contribution in [3.63, 3.8) is 0 Å². The smallest absolute Gasteiger partial charge is 0.150 e. The van der Waals surface area contributed by atoms with Gasteiger partial charge in [-0.25, -0.2) is 0 Å². The Balaban J connectivity index is 3.19. The summed E-state index contributed by atoms with van der Waals surface area (Å²) in [6.07, 6.45) is 1.11. The van der Waals surface area contributed by atoms with Crippen molar-refractivity contribution >= 4 is 11.5 Å². The number of aromatic nitrogens is 2. The quantitative estimate of drug-likeness (QED) is 0.858. The maximum atomic E-state index is 6.25. The fourth-order valence-corrected chi connectivity index (χ4v) is 2.17. The van der Waals surface area contributed by atoms with Crippen molar-refractivity contribution < 1.29 is 0 Å². The lowest BCUT2D eigenvalue weighted by molar-refractivity contribution is 0.625. The highest BCUT2D eigenvalue weighted by molar-refractivity contribution is 5.67. The van der Waals surface area contributed by atoms with Crippen LogP contribution in [0.2, 0.25) is 0 Å². The summed E-state index contributed by atoms with van der Waals surface area (Å²) in [6, 6.07) is 0.438. The number of nitrogens with two attached hydrogens (primary N) is 1. The molecular formula is C13H26N4. The summed E-state index contributed by atoms with van der Waals surface area (Å²) in [4.78, 5) is 2.33. The van der Waals surface area contributed by atoms with Crippen molar-refractivity contribution in [2.24, 2.45) is 7.05 Å². The summed E-state index contributed by atoms with van der Waals surface area (Å²) in [5, 5.41) is 4.55. The van der Waals surface area contributed by atoms with Gasteiger partial charge >= 0.3 is 0 Å². The van der Waals surface area contributed by atoms with Crippen molar-refractivity contribution in [3.8, 4) is 0 Å². The lowest BCUT2D eigenvalue weighted by Crippen LogP contribution is -2.33. The summed E-state index contributed by atoms with van der Waals surface area (Å²) in [7, 11) is 1.97. The van der Waals surface area contributed by atoms with Crippen LogP contribution in [0.3, 0.4) is 0 Å². The number of nitrogens with zero attached hydrogens (tertiary/aromatic N) is 3. The fraction of sp³-hybridized carbons (Fsp3) is 0.769. The first kappa shape index (κ1) is 13.9. The van der Waals surface area contributed by atoms with Crippen LogP contribution in [0.5, 0.6) is 0 Å². The average Bonchev–Trinajstić information content (AvgIpc) is 2.51. The van der Waals surface area contributed by atoms with Crippen LogP contribution in [0, 0.1) is 0 Å². The molecule has 0 amide bonds. The molecule has 0 saturated carbocycles. The van der Waals surface area contributed by atoms with Crippen LogP contribution in [0.1, 0.15) is 52.7 Å². The van der Waals surface area contributed by atoms with Gasteiger partial charge in [-0.3, -0.25) is 4.68 Å². The molecule has 0 aliphatic rings. The second kappa shape index (κ2) is 5.43. The molecule has 0 unspecified atom stereocenters. The normalized spacial score (nSPS) is 11.5. The molecule has 0 bridgehead atoms.